The molecule has 0 bridgehead atoms. The molecule has 0 aromatic rings. The van der Waals surface area contributed by atoms with E-state index in [1.54, 1.807) is 6.08 Å². The van der Waals surface area contributed by atoms with Crippen LogP contribution in [0.1, 0.15) is 181 Å². The SMILES string of the molecule is CCCCCCCCCCCCCC/C=C/[C@@H](O)[C@H](COP(=O)(O)O)NC(=O)CCCCCCCCCCCCCC. The van der Waals surface area contributed by atoms with Gasteiger partial charge in [0.15, 0.2) is 0 Å². The van der Waals surface area contributed by atoms with Crippen LogP contribution in [-0.4, -0.2) is 39.6 Å². The standard InChI is InChI=1S/C34H68NO6P/c1-3-5-7-9-11-13-15-17-18-19-21-23-25-27-29-33(36)32(31-41-42(38,39)40)35-34(37)30-28-26-24-22-20-16-14-12-10-8-6-4-2/h27,29,32-33,36H,3-26,28,30-31H2,1-2H3,(H,35,37)(H2,38,39,40)/b29-27+/t32-,33+/m0/s1. The Morgan fingerprint density at radius 1 is 0.667 bits per heavy atom. The fraction of sp³-hybridized carbons (Fsp3) is 0.912. The molecule has 2 atom stereocenters. The van der Waals surface area contributed by atoms with Gasteiger partial charge in [-0.15, -0.1) is 0 Å². The predicted molar refractivity (Wildman–Crippen MR) is 176 cm³/mol. The van der Waals surface area contributed by atoms with Crippen LogP contribution in [0, 0.1) is 0 Å². The summed E-state index contributed by atoms with van der Waals surface area (Å²) in [6.07, 6.45) is 33.6. The van der Waals surface area contributed by atoms with Crippen LogP contribution in [0.2, 0.25) is 0 Å². The first-order valence-corrected chi connectivity index (χ1v) is 19.2. The highest BCUT2D eigenvalue weighted by molar-refractivity contribution is 7.46. The highest BCUT2D eigenvalue weighted by atomic mass is 31.2. The quantitative estimate of drug-likeness (QED) is 0.0339. The van der Waals surface area contributed by atoms with Crippen molar-refractivity contribution >= 4 is 13.7 Å². The second-order valence-corrected chi connectivity index (χ2v) is 13.4. The maximum atomic E-state index is 12.5. The van der Waals surface area contributed by atoms with E-state index in [2.05, 4.69) is 23.7 Å². The largest absolute Gasteiger partial charge is 0.469 e. The number of allylic oxidation sites excluding steroid dienone is 1. The third kappa shape index (κ3) is 30.7. The number of unbranched alkanes of at least 4 members (excludes halogenated alkanes) is 23. The van der Waals surface area contributed by atoms with Gasteiger partial charge >= 0.3 is 7.82 Å². The molecule has 0 saturated heterocycles. The summed E-state index contributed by atoms with van der Waals surface area (Å²) >= 11 is 0. The van der Waals surface area contributed by atoms with E-state index in [1.165, 1.54) is 122 Å². The number of carbonyl (C=O) groups excluding carboxylic acids is 1. The van der Waals surface area contributed by atoms with Crippen molar-refractivity contribution < 1.29 is 28.8 Å². The number of nitrogens with one attached hydrogen (secondary N) is 1. The van der Waals surface area contributed by atoms with Crippen molar-refractivity contribution in [2.45, 2.75) is 193 Å². The van der Waals surface area contributed by atoms with Crippen LogP contribution in [-0.2, 0) is 13.9 Å². The minimum absolute atomic E-state index is 0.227. The van der Waals surface area contributed by atoms with Crippen LogP contribution in [0.5, 0.6) is 0 Å². The van der Waals surface area contributed by atoms with Crippen molar-refractivity contribution in [2.75, 3.05) is 6.61 Å². The minimum atomic E-state index is -4.70. The molecule has 0 rings (SSSR count). The maximum Gasteiger partial charge on any atom is 0.469 e. The minimum Gasteiger partial charge on any atom is -0.387 e. The molecule has 4 N–H and O–H groups in total. The summed E-state index contributed by atoms with van der Waals surface area (Å²) in [7, 11) is -4.70. The van der Waals surface area contributed by atoms with Gasteiger partial charge in [0.05, 0.1) is 18.8 Å². The molecule has 0 spiro atoms. The molecular weight excluding hydrogens is 549 g/mol. The van der Waals surface area contributed by atoms with Crippen molar-refractivity contribution in [1.82, 2.24) is 5.32 Å². The van der Waals surface area contributed by atoms with E-state index in [1.807, 2.05) is 6.08 Å². The van der Waals surface area contributed by atoms with Crippen molar-refractivity contribution in [2.24, 2.45) is 0 Å². The van der Waals surface area contributed by atoms with Crippen LogP contribution in [0.15, 0.2) is 12.2 Å². The molecule has 0 aliphatic heterocycles. The zero-order chi connectivity index (χ0) is 31.2. The molecule has 0 aromatic carbocycles. The Hall–Kier alpha value is -0.720. The number of rotatable bonds is 32. The van der Waals surface area contributed by atoms with Crippen LogP contribution >= 0.6 is 7.82 Å². The summed E-state index contributed by atoms with van der Waals surface area (Å²) in [5.74, 6) is -0.227. The fourth-order valence-electron chi connectivity index (χ4n) is 5.28. The van der Waals surface area contributed by atoms with Gasteiger partial charge in [-0.3, -0.25) is 9.32 Å². The van der Waals surface area contributed by atoms with Gasteiger partial charge in [0.2, 0.25) is 5.91 Å². The van der Waals surface area contributed by atoms with E-state index in [9.17, 15) is 14.5 Å². The molecule has 42 heavy (non-hydrogen) atoms. The van der Waals surface area contributed by atoms with Crippen LogP contribution in [0.4, 0.5) is 0 Å². The Labute approximate surface area is 259 Å². The number of amides is 1. The summed E-state index contributed by atoms with van der Waals surface area (Å²) in [6.45, 7) is 4.05. The van der Waals surface area contributed by atoms with Crippen molar-refractivity contribution in [3.63, 3.8) is 0 Å². The monoisotopic (exact) mass is 617 g/mol. The maximum absolute atomic E-state index is 12.5. The number of hydrogen-bond donors (Lipinski definition) is 4. The summed E-state index contributed by atoms with van der Waals surface area (Å²) < 4.78 is 15.8. The summed E-state index contributed by atoms with van der Waals surface area (Å²) in [6, 6.07) is -0.902. The predicted octanol–water partition coefficient (Wildman–Crippen LogP) is 9.68. The lowest BCUT2D eigenvalue weighted by atomic mass is 10.0. The van der Waals surface area contributed by atoms with E-state index in [-0.39, 0.29) is 5.91 Å². The van der Waals surface area contributed by atoms with Gasteiger partial charge < -0.3 is 20.2 Å². The number of aliphatic hydroxyl groups excluding tert-OH is 1. The van der Waals surface area contributed by atoms with Crippen molar-refractivity contribution in [3.8, 4) is 0 Å². The van der Waals surface area contributed by atoms with Gasteiger partial charge in [-0.2, -0.15) is 0 Å². The molecule has 0 unspecified atom stereocenters. The van der Waals surface area contributed by atoms with E-state index in [4.69, 9.17) is 9.79 Å². The summed E-state index contributed by atoms with van der Waals surface area (Å²) in [5, 5.41) is 13.3. The molecule has 0 saturated carbocycles. The highest BCUT2D eigenvalue weighted by Gasteiger charge is 2.24. The van der Waals surface area contributed by atoms with Gasteiger partial charge in [0.1, 0.15) is 0 Å². The smallest absolute Gasteiger partial charge is 0.387 e. The number of hydrogen-bond acceptors (Lipinski definition) is 4. The Morgan fingerprint density at radius 3 is 1.45 bits per heavy atom. The normalized spacial score (nSPS) is 13.5. The number of aliphatic hydroxyl groups is 1. The first-order valence-electron chi connectivity index (χ1n) is 17.6. The summed E-state index contributed by atoms with van der Waals surface area (Å²) in [5.41, 5.74) is 0. The molecule has 1 amide bonds. The number of carbonyl (C=O) groups is 1. The average Bonchev–Trinajstić information content (AvgIpc) is 2.95. The molecule has 0 aliphatic carbocycles. The van der Waals surface area contributed by atoms with E-state index in [0.717, 1.165) is 38.5 Å². The van der Waals surface area contributed by atoms with E-state index < -0.39 is 26.6 Å². The Morgan fingerprint density at radius 2 is 1.05 bits per heavy atom. The van der Waals surface area contributed by atoms with E-state index in [0.29, 0.717) is 6.42 Å². The second-order valence-electron chi connectivity index (χ2n) is 12.2. The van der Waals surface area contributed by atoms with Crippen LogP contribution in [0.3, 0.4) is 0 Å². The van der Waals surface area contributed by atoms with Gasteiger partial charge in [-0.05, 0) is 19.3 Å². The molecule has 8 heteroatoms. The first kappa shape index (κ1) is 41.3. The highest BCUT2D eigenvalue weighted by Crippen LogP contribution is 2.35. The molecule has 250 valence electrons. The number of phosphoric acid groups is 1. The lowest BCUT2D eigenvalue weighted by Gasteiger charge is -2.22. The zero-order valence-corrected chi connectivity index (χ0v) is 28.3. The lowest BCUT2D eigenvalue weighted by molar-refractivity contribution is -0.123. The lowest BCUT2D eigenvalue weighted by Crippen LogP contribution is -2.45. The van der Waals surface area contributed by atoms with Crippen LogP contribution in [0.25, 0.3) is 0 Å². The second kappa shape index (κ2) is 30.3. The van der Waals surface area contributed by atoms with Crippen molar-refractivity contribution in [3.05, 3.63) is 12.2 Å². The topological polar surface area (TPSA) is 116 Å². The molecule has 0 aromatic heterocycles. The zero-order valence-electron chi connectivity index (χ0n) is 27.4. The Kier molecular flexibility index (Phi) is 29.8. The van der Waals surface area contributed by atoms with Crippen molar-refractivity contribution in [1.29, 1.82) is 0 Å². The van der Waals surface area contributed by atoms with Crippen LogP contribution < -0.4 is 5.32 Å². The first-order chi connectivity index (χ1) is 20.3. The third-order valence-electron chi connectivity index (χ3n) is 8.00. The molecular formula is C34H68NO6P. The fourth-order valence-corrected chi connectivity index (χ4v) is 5.64. The third-order valence-corrected chi connectivity index (χ3v) is 8.48. The number of phosphoric ester groups is 1. The van der Waals surface area contributed by atoms with Gasteiger partial charge in [-0.1, -0.05) is 167 Å². The molecule has 7 nitrogen and oxygen atoms in total. The van der Waals surface area contributed by atoms with Gasteiger partial charge in [0.25, 0.3) is 0 Å². The van der Waals surface area contributed by atoms with E-state index >= 15 is 0 Å². The summed E-state index contributed by atoms with van der Waals surface area (Å²) in [4.78, 5) is 30.7. The van der Waals surface area contributed by atoms with Gasteiger partial charge in [-0.25, -0.2) is 4.57 Å². The molecule has 0 radical (unpaired) electrons. The molecule has 0 aliphatic rings. The van der Waals surface area contributed by atoms with Gasteiger partial charge in [0, 0.05) is 6.42 Å². The Bertz CT molecular complexity index is 668. The molecule has 0 fully saturated rings. The Balaban J connectivity index is 4.07. The molecule has 0 heterocycles. The average molecular weight is 618 g/mol.